The van der Waals surface area contributed by atoms with E-state index in [1.807, 2.05) is 18.2 Å². The van der Waals surface area contributed by atoms with E-state index < -0.39 is 5.97 Å². The highest BCUT2D eigenvalue weighted by Gasteiger charge is 2.17. The van der Waals surface area contributed by atoms with Crippen LogP contribution in [-0.2, 0) is 17.6 Å². The molecule has 100 valence electrons. The summed E-state index contributed by atoms with van der Waals surface area (Å²) in [7, 11) is 0. The highest BCUT2D eigenvalue weighted by Crippen LogP contribution is 2.28. The van der Waals surface area contributed by atoms with Crippen LogP contribution in [0.4, 0.5) is 0 Å². The highest BCUT2D eigenvalue weighted by atomic mass is 35.5. The Balaban J connectivity index is 0.00000162. The molecule has 0 radical (unpaired) electrons. The zero-order chi connectivity index (χ0) is 12.3. The topological polar surface area (TPSA) is 72.5 Å². The van der Waals surface area contributed by atoms with E-state index in [4.69, 9.17) is 15.6 Å². The van der Waals surface area contributed by atoms with E-state index in [0.717, 1.165) is 19.3 Å². The standard InChI is InChI=1S/C13H17NO3.ClH/c14-7-9-1-2-10-3-4-12(6-11(10)5-9)17-8-13(15)16;/h3-4,6,9H,1-2,5,7-8,14H2,(H,15,16);1H/t9-;/m1./s1. The van der Waals surface area contributed by atoms with Crippen LogP contribution < -0.4 is 10.5 Å². The van der Waals surface area contributed by atoms with E-state index in [0.29, 0.717) is 18.2 Å². The summed E-state index contributed by atoms with van der Waals surface area (Å²) in [5.74, 6) is 0.212. The Morgan fingerprint density at radius 1 is 1.44 bits per heavy atom. The average Bonchev–Trinajstić information content (AvgIpc) is 2.35. The minimum Gasteiger partial charge on any atom is -0.482 e. The Morgan fingerprint density at radius 2 is 2.22 bits per heavy atom. The second kappa shape index (κ2) is 6.61. The van der Waals surface area contributed by atoms with Gasteiger partial charge >= 0.3 is 5.97 Å². The van der Waals surface area contributed by atoms with Crippen molar-refractivity contribution in [2.24, 2.45) is 11.7 Å². The van der Waals surface area contributed by atoms with Crippen molar-refractivity contribution in [2.75, 3.05) is 13.2 Å². The van der Waals surface area contributed by atoms with Crippen molar-refractivity contribution in [1.82, 2.24) is 0 Å². The van der Waals surface area contributed by atoms with Crippen LogP contribution in [0.3, 0.4) is 0 Å². The SMILES string of the molecule is Cl.NC[C@@H]1CCc2ccc(OCC(=O)O)cc2C1. The summed E-state index contributed by atoms with van der Waals surface area (Å²) >= 11 is 0. The number of hydrogen-bond donors (Lipinski definition) is 2. The first-order valence-electron chi connectivity index (χ1n) is 5.85. The van der Waals surface area contributed by atoms with Gasteiger partial charge in [-0.15, -0.1) is 12.4 Å². The molecule has 0 saturated heterocycles. The molecular formula is C13H18ClNO3. The molecular weight excluding hydrogens is 254 g/mol. The summed E-state index contributed by atoms with van der Waals surface area (Å²) in [5.41, 5.74) is 8.26. The van der Waals surface area contributed by atoms with E-state index in [-0.39, 0.29) is 19.0 Å². The fraction of sp³-hybridized carbons (Fsp3) is 0.462. The molecule has 1 aromatic rings. The number of benzene rings is 1. The minimum absolute atomic E-state index is 0. The number of nitrogens with two attached hydrogens (primary N) is 1. The first-order chi connectivity index (χ1) is 8.19. The van der Waals surface area contributed by atoms with Crippen LogP contribution in [0.5, 0.6) is 5.75 Å². The molecule has 0 aliphatic heterocycles. The third-order valence-electron chi connectivity index (χ3n) is 3.20. The van der Waals surface area contributed by atoms with Gasteiger partial charge in [0, 0.05) is 0 Å². The van der Waals surface area contributed by atoms with Gasteiger partial charge in [0.25, 0.3) is 0 Å². The first-order valence-corrected chi connectivity index (χ1v) is 5.85. The van der Waals surface area contributed by atoms with E-state index in [2.05, 4.69) is 0 Å². The van der Waals surface area contributed by atoms with Crippen LogP contribution in [0.15, 0.2) is 18.2 Å². The highest BCUT2D eigenvalue weighted by molar-refractivity contribution is 5.85. The molecule has 0 heterocycles. The number of hydrogen-bond acceptors (Lipinski definition) is 3. The number of aliphatic carboxylic acids is 1. The van der Waals surface area contributed by atoms with Gasteiger partial charge in [-0.1, -0.05) is 6.07 Å². The molecule has 0 saturated carbocycles. The fourth-order valence-corrected chi connectivity index (χ4v) is 2.24. The minimum atomic E-state index is -0.956. The van der Waals surface area contributed by atoms with Gasteiger partial charge in [0.05, 0.1) is 0 Å². The molecule has 4 nitrogen and oxygen atoms in total. The summed E-state index contributed by atoms with van der Waals surface area (Å²) in [5, 5.41) is 8.55. The Bertz CT molecular complexity index is 423. The predicted molar refractivity (Wildman–Crippen MR) is 71.4 cm³/mol. The van der Waals surface area contributed by atoms with Crippen LogP contribution in [0.25, 0.3) is 0 Å². The van der Waals surface area contributed by atoms with Crippen molar-refractivity contribution in [3.8, 4) is 5.75 Å². The molecule has 2 rings (SSSR count). The number of carboxylic acid groups (broad SMARTS) is 1. The van der Waals surface area contributed by atoms with Crippen LogP contribution in [0, 0.1) is 5.92 Å². The summed E-state index contributed by atoms with van der Waals surface area (Å²) in [6.07, 6.45) is 3.16. The van der Waals surface area contributed by atoms with Crippen LogP contribution in [0.1, 0.15) is 17.5 Å². The van der Waals surface area contributed by atoms with Gasteiger partial charge in [-0.2, -0.15) is 0 Å². The molecule has 0 bridgehead atoms. The molecule has 1 aliphatic rings. The van der Waals surface area contributed by atoms with Gasteiger partial charge in [-0.05, 0) is 55.0 Å². The second-order valence-electron chi connectivity index (χ2n) is 4.46. The van der Waals surface area contributed by atoms with Gasteiger partial charge in [-0.3, -0.25) is 0 Å². The van der Waals surface area contributed by atoms with Crippen molar-refractivity contribution in [3.63, 3.8) is 0 Å². The number of aryl methyl sites for hydroxylation is 1. The second-order valence-corrected chi connectivity index (χ2v) is 4.46. The molecule has 0 amide bonds. The van der Waals surface area contributed by atoms with Crippen LogP contribution in [-0.4, -0.2) is 24.2 Å². The van der Waals surface area contributed by atoms with Gasteiger partial charge in [0.2, 0.25) is 0 Å². The Morgan fingerprint density at radius 3 is 2.89 bits per heavy atom. The number of carboxylic acids is 1. The normalized spacial score (nSPS) is 17.5. The number of rotatable bonds is 4. The van der Waals surface area contributed by atoms with Gasteiger partial charge < -0.3 is 15.6 Å². The van der Waals surface area contributed by atoms with Crippen molar-refractivity contribution in [2.45, 2.75) is 19.3 Å². The monoisotopic (exact) mass is 271 g/mol. The van der Waals surface area contributed by atoms with Gasteiger partial charge in [0.1, 0.15) is 5.75 Å². The molecule has 18 heavy (non-hydrogen) atoms. The van der Waals surface area contributed by atoms with Gasteiger partial charge in [-0.25, -0.2) is 4.79 Å². The molecule has 1 aliphatic carbocycles. The summed E-state index contributed by atoms with van der Waals surface area (Å²) in [4.78, 5) is 10.4. The molecule has 1 atom stereocenters. The summed E-state index contributed by atoms with van der Waals surface area (Å²) in [6.45, 7) is 0.415. The Hall–Kier alpha value is -1.26. The third-order valence-corrected chi connectivity index (χ3v) is 3.20. The molecule has 0 spiro atoms. The quantitative estimate of drug-likeness (QED) is 0.873. The van der Waals surface area contributed by atoms with E-state index in [1.54, 1.807) is 0 Å². The molecule has 3 N–H and O–H groups in total. The molecule has 0 fully saturated rings. The number of ether oxygens (including phenoxy) is 1. The van der Waals surface area contributed by atoms with Crippen LogP contribution >= 0.6 is 12.4 Å². The number of carbonyl (C=O) groups is 1. The maximum Gasteiger partial charge on any atom is 0.341 e. The van der Waals surface area contributed by atoms with E-state index in [9.17, 15) is 4.79 Å². The zero-order valence-corrected chi connectivity index (χ0v) is 10.9. The lowest BCUT2D eigenvalue weighted by atomic mass is 9.84. The largest absolute Gasteiger partial charge is 0.482 e. The zero-order valence-electron chi connectivity index (χ0n) is 10.1. The molecule has 0 aromatic heterocycles. The fourth-order valence-electron chi connectivity index (χ4n) is 2.24. The average molecular weight is 272 g/mol. The summed E-state index contributed by atoms with van der Waals surface area (Å²) in [6, 6.07) is 5.81. The van der Waals surface area contributed by atoms with Gasteiger partial charge in [0.15, 0.2) is 6.61 Å². The van der Waals surface area contributed by atoms with E-state index in [1.165, 1.54) is 11.1 Å². The Kier molecular flexibility index (Phi) is 5.44. The Labute approximate surface area is 113 Å². The lowest BCUT2D eigenvalue weighted by Crippen LogP contribution is -2.22. The molecule has 5 heteroatoms. The number of fused-ring (bicyclic) bond motifs is 1. The molecule has 0 unspecified atom stereocenters. The smallest absolute Gasteiger partial charge is 0.341 e. The van der Waals surface area contributed by atoms with Crippen LogP contribution in [0.2, 0.25) is 0 Å². The lowest BCUT2D eigenvalue weighted by Gasteiger charge is -2.23. The summed E-state index contributed by atoms with van der Waals surface area (Å²) < 4.78 is 5.17. The number of halogens is 1. The van der Waals surface area contributed by atoms with Crippen molar-refractivity contribution in [1.29, 1.82) is 0 Å². The maximum atomic E-state index is 10.4. The predicted octanol–water partition coefficient (Wildman–Crippen LogP) is 1.64. The lowest BCUT2D eigenvalue weighted by molar-refractivity contribution is -0.139. The third kappa shape index (κ3) is 3.62. The first kappa shape index (κ1) is 14.8. The van der Waals surface area contributed by atoms with Crippen molar-refractivity contribution in [3.05, 3.63) is 29.3 Å². The van der Waals surface area contributed by atoms with E-state index >= 15 is 0 Å². The molecule has 1 aromatic carbocycles. The van der Waals surface area contributed by atoms with Crippen molar-refractivity contribution >= 4 is 18.4 Å². The maximum absolute atomic E-state index is 10.4. The van der Waals surface area contributed by atoms with Crippen molar-refractivity contribution < 1.29 is 14.6 Å².